The molecule has 2 nitrogen and oxygen atoms in total. The van der Waals surface area contributed by atoms with E-state index in [2.05, 4.69) is 128 Å². The Morgan fingerprint density at radius 2 is 1.49 bits per heavy atom. The van der Waals surface area contributed by atoms with Gasteiger partial charge in [-0.15, -0.1) is 0 Å². The van der Waals surface area contributed by atoms with Crippen LogP contribution in [0.1, 0.15) is 5.56 Å². The number of pyridine rings is 2. The Balaban J connectivity index is 1.69. The first-order valence-corrected chi connectivity index (χ1v) is 15.9. The van der Waals surface area contributed by atoms with Crippen molar-refractivity contribution in [3.8, 4) is 11.1 Å². The molecule has 0 aliphatic rings. The summed E-state index contributed by atoms with van der Waals surface area (Å²) in [6.45, 7) is 9.47. The minimum atomic E-state index is -1.33. The molecule has 0 atom stereocenters. The van der Waals surface area contributed by atoms with Gasteiger partial charge in [-0.1, -0.05) is 79.4 Å². The molecule has 0 amide bonds. The number of nitrogens with zero attached hydrogens (tertiary/aromatic N) is 2. The zero-order valence-corrected chi connectivity index (χ0v) is 22.0. The molecule has 3 aromatic heterocycles. The molecule has 0 spiro atoms. The number of aryl methyl sites for hydroxylation is 2. The van der Waals surface area contributed by atoms with Gasteiger partial charge in [0.15, 0.2) is 6.20 Å². The van der Waals surface area contributed by atoms with E-state index in [-0.39, 0.29) is 0 Å². The van der Waals surface area contributed by atoms with E-state index in [1.165, 1.54) is 70.9 Å². The maximum atomic E-state index is 2.52. The molecule has 35 heavy (non-hydrogen) atoms. The fourth-order valence-electron chi connectivity index (χ4n) is 6.00. The highest BCUT2D eigenvalue weighted by Crippen LogP contribution is 2.41. The van der Waals surface area contributed by atoms with Crippen molar-refractivity contribution >= 4 is 62.3 Å². The molecule has 170 valence electrons. The second-order valence-electron chi connectivity index (χ2n) is 11.1. The molecule has 0 aliphatic carbocycles. The maximum absolute atomic E-state index is 2.52. The smallest absolute Gasteiger partial charge is 0.224 e. The van der Waals surface area contributed by atoms with Crippen LogP contribution in [-0.2, 0) is 7.05 Å². The van der Waals surface area contributed by atoms with E-state index in [1.54, 1.807) is 0 Å². The maximum Gasteiger partial charge on any atom is 0.224 e. The monoisotopic (exact) mass is 469 g/mol. The van der Waals surface area contributed by atoms with Gasteiger partial charge in [0, 0.05) is 16.8 Å². The SMILES string of the molecule is Cc1ccc2c3ccccc3n3c4cc(-c5ccc([Si](C)(C)C)cc5)cc5cc[n+](C)c(c1c23)c54. The largest absolute Gasteiger partial charge is 0.307 e. The Bertz CT molecular complexity index is 1940. The number of rotatable bonds is 2. The number of hydrogen-bond acceptors (Lipinski definition) is 0. The van der Waals surface area contributed by atoms with Gasteiger partial charge in [0.05, 0.1) is 35.4 Å². The first-order valence-electron chi connectivity index (χ1n) is 12.4. The van der Waals surface area contributed by atoms with Crippen LogP contribution in [0.15, 0.2) is 85.1 Å². The third kappa shape index (κ3) is 2.79. The van der Waals surface area contributed by atoms with E-state index in [1.807, 2.05) is 0 Å². The first kappa shape index (κ1) is 20.7. The number of benzene rings is 4. The number of hydrogen-bond donors (Lipinski definition) is 0. The molecular weight excluding hydrogens is 440 g/mol. The van der Waals surface area contributed by atoms with Crippen LogP contribution in [0.2, 0.25) is 19.6 Å². The van der Waals surface area contributed by atoms with Crippen molar-refractivity contribution in [1.82, 2.24) is 4.40 Å². The molecule has 7 rings (SSSR count). The summed E-state index contributed by atoms with van der Waals surface area (Å²) in [4.78, 5) is 0. The Kier molecular flexibility index (Phi) is 4.09. The van der Waals surface area contributed by atoms with E-state index in [0.717, 1.165) is 0 Å². The molecule has 0 fully saturated rings. The summed E-state index contributed by atoms with van der Waals surface area (Å²) in [5.74, 6) is 0. The Labute approximate surface area is 206 Å². The van der Waals surface area contributed by atoms with Crippen molar-refractivity contribution in [3.63, 3.8) is 0 Å². The molecule has 3 heterocycles. The van der Waals surface area contributed by atoms with Crippen LogP contribution in [0, 0.1) is 6.92 Å². The summed E-state index contributed by atoms with van der Waals surface area (Å²) in [5.41, 5.74) is 9.08. The zero-order chi connectivity index (χ0) is 24.1. The molecule has 0 radical (unpaired) electrons. The molecule has 0 N–H and O–H groups in total. The van der Waals surface area contributed by atoms with Crippen LogP contribution in [0.5, 0.6) is 0 Å². The number of aromatic nitrogens is 2. The third-order valence-electron chi connectivity index (χ3n) is 7.82. The van der Waals surface area contributed by atoms with Crippen molar-refractivity contribution in [3.05, 3.63) is 90.6 Å². The highest BCUT2D eigenvalue weighted by atomic mass is 28.3. The van der Waals surface area contributed by atoms with Crippen molar-refractivity contribution < 1.29 is 4.57 Å². The van der Waals surface area contributed by atoms with E-state index >= 15 is 0 Å². The first-order chi connectivity index (χ1) is 16.8. The predicted molar refractivity (Wildman–Crippen MR) is 153 cm³/mol. The Morgan fingerprint density at radius 3 is 2.26 bits per heavy atom. The quantitative estimate of drug-likeness (QED) is 0.108. The molecular formula is C32H29N2Si+. The van der Waals surface area contributed by atoms with E-state index in [4.69, 9.17) is 0 Å². The fourth-order valence-corrected chi connectivity index (χ4v) is 7.16. The van der Waals surface area contributed by atoms with Crippen LogP contribution in [0.25, 0.3) is 60.1 Å². The average molecular weight is 470 g/mol. The minimum absolute atomic E-state index is 1.27. The highest BCUT2D eigenvalue weighted by Gasteiger charge is 2.24. The molecule has 7 aromatic rings. The van der Waals surface area contributed by atoms with Gasteiger partial charge in [0.2, 0.25) is 5.52 Å². The summed E-state index contributed by atoms with van der Waals surface area (Å²) in [6.07, 6.45) is 2.22. The van der Waals surface area contributed by atoms with E-state index < -0.39 is 8.07 Å². The second kappa shape index (κ2) is 6.93. The second-order valence-corrected chi connectivity index (χ2v) is 16.1. The highest BCUT2D eigenvalue weighted by molar-refractivity contribution is 6.88. The van der Waals surface area contributed by atoms with Crippen molar-refractivity contribution in [2.45, 2.75) is 26.6 Å². The van der Waals surface area contributed by atoms with Gasteiger partial charge in [-0.25, -0.2) is 4.57 Å². The average Bonchev–Trinajstić information content (AvgIpc) is 3.19. The fraction of sp³-hybridized carbons (Fsp3) is 0.156. The standard InChI is InChI=1S/C32H29N2Si/c1-20-10-15-26-25-8-6-7-9-27(25)34-28-19-23(21-11-13-24(14-12-21)35(3,4)5)18-22-16-17-33(2)32(30(22)28)29(20)31(26)34/h6-19H,1-5H3/q+1. The molecule has 0 unspecified atom stereocenters. The lowest BCUT2D eigenvalue weighted by atomic mass is 9.96. The third-order valence-corrected chi connectivity index (χ3v) is 9.89. The van der Waals surface area contributed by atoms with Crippen LogP contribution in [0.4, 0.5) is 0 Å². The van der Waals surface area contributed by atoms with Crippen molar-refractivity contribution in [1.29, 1.82) is 0 Å². The predicted octanol–water partition coefficient (Wildman–Crippen LogP) is 7.34. The van der Waals surface area contributed by atoms with Gasteiger partial charge < -0.3 is 4.40 Å². The Morgan fingerprint density at radius 1 is 0.714 bits per heavy atom. The lowest BCUT2D eigenvalue weighted by Crippen LogP contribution is -2.37. The molecule has 0 bridgehead atoms. The summed E-state index contributed by atoms with van der Waals surface area (Å²) >= 11 is 0. The Hall–Kier alpha value is -3.69. The number of para-hydroxylation sites is 1. The van der Waals surface area contributed by atoms with Gasteiger partial charge in [-0.05, 0) is 47.2 Å². The molecule has 0 aliphatic heterocycles. The minimum Gasteiger partial charge on any atom is -0.307 e. The molecule has 0 saturated heterocycles. The van der Waals surface area contributed by atoms with Crippen LogP contribution in [-0.4, -0.2) is 12.5 Å². The molecule has 0 saturated carbocycles. The molecule has 4 aromatic carbocycles. The van der Waals surface area contributed by atoms with Gasteiger partial charge in [0.1, 0.15) is 7.05 Å². The summed E-state index contributed by atoms with van der Waals surface area (Å²) < 4.78 is 4.82. The van der Waals surface area contributed by atoms with Crippen molar-refractivity contribution in [2.24, 2.45) is 7.05 Å². The van der Waals surface area contributed by atoms with Gasteiger partial charge in [-0.3, -0.25) is 0 Å². The topological polar surface area (TPSA) is 8.29 Å². The van der Waals surface area contributed by atoms with Crippen molar-refractivity contribution in [2.75, 3.05) is 0 Å². The number of fused-ring (bicyclic) bond motifs is 5. The van der Waals surface area contributed by atoms with Gasteiger partial charge >= 0.3 is 0 Å². The summed E-state index contributed by atoms with van der Waals surface area (Å²) in [7, 11) is 0.850. The zero-order valence-electron chi connectivity index (χ0n) is 21.0. The van der Waals surface area contributed by atoms with Gasteiger partial charge in [-0.2, -0.15) is 0 Å². The van der Waals surface area contributed by atoms with Crippen LogP contribution in [0.3, 0.4) is 0 Å². The lowest BCUT2D eigenvalue weighted by Gasteiger charge is -2.17. The lowest BCUT2D eigenvalue weighted by molar-refractivity contribution is -0.643. The van der Waals surface area contributed by atoms with E-state index in [9.17, 15) is 0 Å². The molecule has 3 heteroatoms. The van der Waals surface area contributed by atoms with Gasteiger partial charge in [0.25, 0.3) is 0 Å². The summed E-state index contributed by atoms with van der Waals surface area (Å²) in [5, 5.41) is 8.12. The summed E-state index contributed by atoms with van der Waals surface area (Å²) in [6, 6.07) is 29.8. The van der Waals surface area contributed by atoms with Crippen LogP contribution < -0.4 is 9.75 Å². The normalized spacial score (nSPS) is 12.7. The van der Waals surface area contributed by atoms with Crippen LogP contribution >= 0.6 is 0 Å². The van der Waals surface area contributed by atoms with E-state index in [0.29, 0.717) is 0 Å².